The number of fused-ring (bicyclic) bond motifs is 1. The third kappa shape index (κ3) is 4.04. The van der Waals surface area contributed by atoms with E-state index < -0.39 is 0 Å². The third-order valence-corrected chi connectivity index (χ3v) is 4.73. The van der Waals surface area contributed by atoms with Gasteiger partial charge in [0.2, 0.25) is 0 Å². The highest BCUT2D eigenvalue weighted by Gasteiger charge is 2.08. The normalized spacial score (nSPS) is 10.8. The van der Waals surface area contributed by atoms with Crippen LogP contribution in [0, 0.1) is 0 Å². The van der Waals surface area contributed by atoms with Crippen molar-refractivity contribution in [1.82, 2.24) is 9.55 Å². The molecule has 0 aliphatic rings. The van der Waals surface area contributed by atoms with Crippen LogP contribution in [0.1, 0.15) is 11.4 Å². The number of rotatable bonds is 5. The molecule has 2 amide bonds. The molecule has 0 unspecified atom stereocenters. The Bertz CT molecular complexity index is 1100. The van der Waals surface area contributed by atoms with Crippen LogP contribution in [0.5, 0.6) is 0 Å². The van der Waals surface area contributed by atoms with Crippen LogP contribution in [0.2, 0.25) is 0 Å². The standard InChI is InChI=1S/C23H22N4O/c1-27-21-13-6-5-12-20(21)26-22(27)15-14-17-8-7-11-19(16-17)25-23(28)24-18-9-3-2-4-10-18/h2-13,16H,14-15H2,1H3,(H2,24,25,28). The number of para-hydroxylation sites is 3. The predicted molar refractivity (Wildman–Crippen MR) is 114 cm³/mol. The number of hydrogen-bond donors (Lipinski definition) is 2. The molecule has 140 valence electrons. The van der Waals surface area contributed by atoms with Crippen LogP contribution in [0.25, 0.3) is 11.0 Å². The van der Waals surface area contributed by atoms with Crippen LogP contribution >= 0.6 is 0 Å². The average molecular weight is 370 g/mol. The Hall–Kier alpha value is -3.60. The van der Waals surface area contributed by atoms with Crippen LogP contribution in [0.4, 0.5) is 16.2 Å². The van der Waals surface area contributed by atoms with Crippen molar-refractivity contribution in [3.05, 3.63) is 90.3 Å². The summed E-state index contributed by atoms with van der Waals surface area (Å²) >= 11 is 0. The summed E-state index contributed by atoms with van der Waals surface area (Å²) in [5.74, 6) is 1.06. The van der Waals surface area contributed by atoms with Crippen LogP contribution < -0.4 is 10.6 Å². The van der Waals surface area contributed by atoms with E-state index in [1.807, 2.05) is 66.7 Å². The number of hydrogen-bond acceptors (Lipinski definition) is 2. The maximum absolute atomic E-state index is 12.2. The summed E-state index contributed by atoms with van der Waals surface area (Å²) in [7, 11) is 2.05. The van der Waals surface area contributed by atoms with Crippen LogP contribution in [0.15, 0.2) is 78.9 Å². The van der Waals surface area contributed by atoms with Gasteiger partial charge in [-0.25, -0.2) is 9.78 Å². The van der Waals surface area contributed by atoms with Crippen LogP contribution in [-0.2, 0) is 19.9 Å². The summed E-state index contributed by atoms with van der Waals surface area (Å²) in [5.41, 5.74) is 4.86. The highest BCUT2D eigenvalue weighted by molar-refractivity contribution is 5.99. The summed E-state index contributed by atoms with van der Waals surface area (Å²) in [4.78, 5) is 16.9. The lowest BCUT2D eigenvalue weighted by Gasteiger charge is -2.09. The Morgan fingerprint density at radius 1 is 0.857 bits per heavy atom. The number of nitrogens with one attached hydrogen (secondary N) is 2. The zero-order valence-corrected chi connectivity index (χ0v) is 15.7. The molecule has 0 bridgehead atoms. The van der Waals surface area contributed by atoms with E-state index in [0.29, 0.717) is 0 Å². The van der Waals surface area contributed by atoms with Crippen molar-refractivity contribution in [2.75, 3.05) is 10.6 Å². The van der Waals surface area contributed by atoms with Gasteiger partial charge in [0.15, 0.2) is 0 Å². The molecule has 4 aromatic rings. The Labute approximate surface area is 164 Å². The van der Waals surface area contributed by atoms with Crippen molar-refractivity contribution in [2.45, 2.75) is 12.8 Å². The van der Waals surface area contributed by atoms with E-state index >= 15 is 0 Å². The number of amides is 2. The molecule has 0 fully saturated rings. The van der Waals surface area contributed by atoms with Crippen molar-refractivity contribution >= 4 is 28.4 Å². The van der Waals surface area contributed by atoms with E-state index in [2.05, 4.69) is 34.4 Å². The van der Waals surface area contributed by atoms with Gasteiger partial charge in [0, 0.05) is 24.8 Å². The maximum atomic E-state index is 12.2. The maximum Gasteiger partial charge on any atom is 0.323 e. The molecule has 28 heavy (non-hydrogen) atoms. The number of carbonyl (C=O) groups is 1. The first-order valence-corrected chi connectivity index (χ1v) is 9.31. The Balaban J connectivity index is 1.40. The van der Waals surface area contributed by atoms with Gasteiger partial charge in [-0.3, -0.25) is 0 Å². The van der Waals surface area contributed by atoms with Gasteiger partial charge in [-0.05, 0) is 48.4 Å². The largest absolute Gasteiger partial charge is 0.331 e. The summed E-state index contributed by atoms with van der Waals surface area (Å²) in [5, 5.41) is 5.72. The monoisotopic (exact) mass is 370 g/mol. The molecule has 0 saturated carbocycles. The molecule has 0 radical (unpaired) electrons. The number of urea groups is 1. The highest BCUT2D eigenvalue weighted by atomic mass is 16.2. The van der Waals surface area contributed by atoms with Crippen molar-refractivity contribution in [2.24, 2.45) is 7.05 Å². The fourth-order valence-corrected chi connectivity index (χ4v) is 3.29. The van der Waals surface area contributed by atoms with E-state index in [4.69, 9.17) is 4.98 Å². The predicted octanol–water partition coefficient (Wildman–Crippen LogP) is 5.00. The molecule has 0 aliphatic heterocycles. The minimum Gasteiger partial charge on any atom is -0.331 e. The Morgan fingerprint density at radius 2 is 1.57 bits per heavy atom. The molecule has 1 heterocycles. The minimum absolute atomic E-state index is 0.251. The first kappa shape index (κ1) is 17.8. The molecule has 1 aromatic heterocycles. The van der Waals surface area contributed by atoms with Gasteiger partial charge in [0.1, 0.15) is 5.82 Å². The summed E-state index contributed by atoms with van der Waals surface area (Å²) in [6.07, 6.45) is 1.69. The zero-order valence-electron chi connectivity index (χ0n) is 15.7. The third-order valence-electron chi connectivity index (χ3n) is 4.73. The number of benzene rings is 3. The quantitative estimate of drug-likeness (QED) is 0.519. The number of nitrogens with zero attached hydrogens (tertiary/aromatic N) is 2. The number of anilines is 2. The molecular weight excluding hydrogens is 348 g/mol. The molecule has 0 aliphatic carbocycles. The summed E-state index contributed by atoms with van der Waals surface area (Å²) < 4.78 is 2.14. The van der Waals surface area contributed by atoms with Crippen LogP contribution in [-0.4, -0.2) is 15.6 Å². The lowest BCUT2D eigenvalue weighted by atomic mass is 10.1. The molecule has 0 atom stereocenters. The minimum atomic E-state index is -0.251. The second kappa shape index (κ2) is 7.96. The van der Waals surface area contributed by atoms with Gasteiger partial charge in [0.05, 0.1) is 11.0 Å². The molecule has 4 rings (SSSR count). The van der Waals surface area contributed by atoms with Crippen molar-refractivity contribution in [3.8, 4) is 0 Å². The number of aryl methyl sites for hydroxylation is 3. The first-order chi connectivity index (χ1) is 13.7. The summed E-state index contributed by atoms with van der Waals surface area (Å²) in [6, 6.07) is 25.2. The van der Waals surface area contributed by atoms with E-state index in [1.54, 1.807) is 0 Å². The lowest BCUT2D eigenvalue weighted by molar-refractivity contribution is 0.262. The van der Waals surface area contributed by atoms with Crippen molar-refractivity contribution < 1.29 is 4.79 Å². The molecule has 3 aromatic carbocycles. The molecule has 0 saturated heterocycles. The van der Waals surface area contributed by atoms with Crippen LogP contribution in [0.3, 0.4) is 0 Å². The van der Waals surface area contributed by atoms with E-state index in [-0.39, 0.29) is 6.03 Å². The summed E-state index contributed by atoms with van der Waals surface area (Å²) in [6.45, 7) is 0. The average Bonchev–Trinajstić information content (AvgIpc) is 3.03. The molecule has 5 heteroatoms. The lowest BCUT2D eigenvalue weighted by Crippen LogP contribution is -2.19. The van der Waals surface area contributed by atoms with Gasteiger partial charge < -0.3 is 15.2 Å². The van der Waals surface area contributed by atoms with E-state index in [9.17, 15) is 4.79 Å². The van der Waals surface area contributed by atoms with Crippen molar-refractivity contribution in [1.29, 1.82) is 0 Å². The van der Waals surface area contributed by atoms with Gasteiger partial charge in [0.25, 0.3) is 0 Å². The van der Waals surface area contributed by atoms with Crippen molar-refractivity contribution in [3.63, 3.8) is 0 Å². The number of aromatic nitrogens is 2. The Morgan fingerprint density at radius 3 is 2.39 bits per heavy atom. The molecule has 5 nitrogen and oxygen atoms in total. The second-order valence-electron chi connectivity index (χ2n) is 6.72. The van der Waals surface area contributed by atoms with E-state index in [1.165, 1.54) is 0 Å². The number of carbonyl (C=O) groups excluding carboxylic acids is 1. The molecule has 0 spiro atoms. The topological polar surface area (TPSA) is 59.0 Å². The fraction of sp³-hybridized carbons (Fsp3) is 0.130. The Kier molecular flexibility index (Phi) is 5.06. The van der Waals surface area contributed by atoms with Gasteiger partial charge in [-0.2, -0.15) is 0 Å². The van der Waals surface area contributed by atoms with Gasteiger partial charge in [-0.15, -0.1) is 0 Å². The van der Waals surface area contributed by atoms with Gasteiger partial charge >= 0.3 is 6.03 Å². The zero-order chi connectivity index (χ0) is 19.3. The molecule has 2 N–H and O–H groups in total. The first-order valence-electron chi connectivity index (χ1n) is 9.31. The SMILES string of the molecule is Cn1c(CCc2cccc(NC(=O)Nc3ccccc3)c2)nc2ccccc21. The number of imidazole rings is 1. The van der Waals surface area contributed by atoms with E-state index in [0.717, 1.165) is 46.6 Å². The van der Waals surface area contributed by atoms with Gasteiger partial charge in [-0.1, -0.05) is 42.5 Å². The highest BCUT2D eigenvalue weighted by Crippen LogP contribution is 2.17. The second-order valence-corrected chi connectivity index (χ2v) is 6.72. The smallest absolute Gasteiger partial charge is 0.323 e. The molecular formula is C23H22N4O. The fourth-order valence-electron chi connectivity index (χ4n) is 3.29.